The zero-order valence-electron chi connectivity index (χ0n) is 16.7. The predicted molar refractivity (Wildman–Crippen MR) is 89.4 cm³/mol. The number of benzene rings is 2. The quantitative estimate of drug-likeness (QED) is 0.303. The maximum atomic E-state index is 12.3. The zero-order valence-corrected chi connectivity index (χ0v) is 18.7. The molecule has 2 aromatic carbocycles. The molecule has 0 radical (unpaired) electrons. The first-order valence-corrected chi connectivity index (χ1v) is 7.29. The Morgan fingerprint density at radius 3 is 1.70 bits per heavy atom. The van der Waals surface area contributed by atoms with Gasteiger partial charge in [0, 0.05) is 22.4 Å². The number of amides is 1. The van der Waals surface area contributed by atoms with E-state index < -0.39 is 0 Å². The molecule has 4 rings (SSSR count). The first kappa shape index (κ1) is 21.4. The van der Waals surface area contributed by atoms with Crippen LogP contribution < -0.4 is 64.4 Å². The van der Waals surface area contributed by atoms with Gasteiger partial charge in [0.25, 0.3) is 5.91 Å². The summed E-state index contributed by atoms with van der Waals surface area (Å²) >= 11 is 0. The molecule has 10 nitrogen and oxygen atoms in total. The van der Waals surface area contributed by atoms with Crippen molar-refractivity contribution in [3.8, 4) is 22.8 Å². The summed E-state index contributed by atoms with van der Waals surface area (Å²) in [6.45, 7) is 0. The van der Waals surface area contributed by atoms with Crippen LogP contribution in [0.3, 0.4) is 0 Å². The van der Waals surface area contributed by atoms with E-state index in [2.05, 4.69) is 46.6 Å². The van der Waals surface area contributed by atoms with Gasteiger partial charge in [-0.1, -0.05) is 12.1 Å². The van der Waals surface area contributed by atoms with E-state index in [1.807, 2.05) is 0 Å². The second kappa shape index (κ2) is 9.83. The Balaban J connectivity index is 0.00000196. The predicted octanol–water partition coefficient (Wildman–Crippen LogP) is -4.47. The molecule has 0 bridgehead atoms. The molecule has 1 amide bonds. The van der Waals surface area contributed by atoms with Crippen LogP contribution in [-0.2, 0) is 0 Å². The molecule has 0 aliphatic rings. The third-order valence-electron chi connectivity index (χ3n) is 3.50. The van der Waals surface area contributed by atoms with E-state index >= 15 is 0 Å². The molecule has 2 heterocycles. The van der Waals surface area contributed by atoms with Crippen molar-refractivity contribution < 1.29 is 66.8 Å². The molecule has 12 heteroatoms. The van der Waals surface area contributed by atoms with Gasteiger partial charge in [0.05, 0.1) is 0 Å². The first-order valence-electron chi connectivity index (χ1n) is 7.29. The Labute approximate surface area is 200 Å². The molecule has 126 valence electrons. The monoisotopic (exact) mass is 381 g/mol. The molecule has 0 spiro atoms. The Morgan fingerprint density at radius 1 is 0.778 bits per heavy atom. The van der Waals surface area contributed by atoms with Crippen molar-refractivity contribution >= 4 is 11.6 Å². The van der Waals surface area contributed by atoms with Crippen molar-refractivity contribution in [3.63, 3.8) is 0 Å². The number of hydrogen-bond donors (Lipinski definition) is 3. The summed E-state index contributed by atoms with van der Waals surface area (Å²) in [5, 5.41) is 30.2. The van der Waals surface area contributed by atoms with Crippen LogP contribution in [0.1, 0.15) is 13.2 Å². The molecule has 0 aliphatic carbocycles. The maximum Gasteiger partial charge on any atom is 1.00 e. The second-order valence-corrected chi connectivity index (χ2v) is 5.08. The summed E-state index contributed by atoms with van der Waals surface area (Å²) in [6.07, 6.45) is 0. The number of rotatable bonds is 4. The minimum absolute atomic E-state index is 0. The van der Waals surface area contributed by atoms with Crippen molar-refractivity contribution in [3.05, 3.63) is 54.1 Å². The van der Waals surface area contributed by atoms with Gasteiger partial charge in [-0.25, -0.2) is 0 Å². The molecule has 3 N–H and O–H groups in total. The molecule has 0 unspecified atom stereocenters. The van der Waals surface area contributed by atoms with Crippen LogP contribution >= 0.6 is 0 Å². The molecule has 0 aliphatic heterocycles. The number of carbonyl (C=O) groups excluding carboxylic acids is 1. The average Bonchev–Trinajstić information content (AvgIpc) is 3.36. The number of anilines is 1. The third kappa shape index (κ3) is 5.06. The molecular formula is C15H13N9Na2O. The van der Waals surface area contributed by atoms with Crippen LogP contribution in [0.2, 0.25) is 0 Å². The zero-order chi connectivity index (χ0) is 17.1. The number of nitrogens with zero attached hydrogens (tertiary/aromatic N) is 6. The third-order valence-corrected chi connectivity index (χ3v) is 3.50. The SMILES string of the molecule is O=C(Nc1ccc(-c2nn[nH]n2)cc1)c1ccc(-c2nn[nH]n2)cc1.[H-].[H-].[Na+].[Na+]. The average molecular weight is 381 g/mol. The van der Waals surface area contributed by atoms with Gasteiger partial charge in [0.2, 0.25) is 11.6 Å². The number of hydrogen-bond acceptors (Lipinski definition) is 7. The molecule has 2 aromatic heterocycles. The molecule has 0 saturated heterocycles. The number of aromatic amines is 2. The van der Waals surface area contributed by atoms with Crippen molar-refractivity contribution in [2.75, 3.05) is 5.32 Å². The second-order valence-electron chi connectivity index (χ2n) is 5.08. The van der Waals surface area contributed by atoms with Gasteiger partial charge in [-0.2, -0.15) is 10.4 Å². The maximum absolute atomic E-state index is 12.3. The summed E-state index contributed by atoms with van der Waals surface area (Å²) in [5.74, 6) is 0.755. The van der Waals surface area contributed by atoms with Gasteiger partial charge in [0.1, 0.15) is 0 Å². The number of H-pyrrole nitrogens is 2. The van der Waals surface area contributed by atoms with E-state index in [-0.39, 0.29) is 67.9 Å². The van der Waals surface area contributed by atoms with Crippen molar-refractivity contribution in [1.82, 2.24) is 41.2 Å². The van der Waals surface area contributed by atoms with E-state index in [0.717, 1.165) is 11.1 Å². The summed E-state index contributed by atoms with van der Waals surface area (Å²) < 4.78 is 0. The van der Waals surface area contributed by atoms with E-state index in [1.165, 1.54) is 0 Å². The molecular weight excluding hydrogens is 368 g/mol. The normalized spacial score (nSPS) is 9.78. The molecule has 0 saturated carbocycles. The van der Waals surface area contributed by atoms with E-state index in [4.69, 9.17) is 0 Å². The van der Waals surface area contributed by atoms with Gasteiger partial charge >= 0.3 is 59.1 Å². The largest absolute Gasteiger partial charge is 1.00 e. The fraction of sp³-hybridized carbons (Fsp3) is 0. The number of tetrazole rings is 2. The van der Waals surface area contributed by atoms with Crippen LogP contribution in [0, 0.1) is 0 Å². The van der Waals surface area contributed by atoms with Crippen molar-refractivity contribution in [2.24, 2.45) is 0 Å². The summed E-state index contributed by atoms with van der Waals surface area (Å²) in [6, 6.07) is 14.1. The molecule has 0 atom stereocenters. The molecule has 27 heavy (non-hydrogen) atoms. The summed E-state index contributed by atoms with van der Waals surface area (Å²) in [4.78, 5) is 12.3. The van der Waals surface area contributed by atoms with Gasteiger partial charge in [-0.3, -0.25) is 4.79 Å². The summed E-state index contributed by atoms with van der Waals surface area (Å²) in [5.41, 5.74) is 2.76. The number of aromatic nitrogens is 8. The Bertz CT molecular complexity index is 982. The Hall–Kier alpha value is -1.95. The fourth-order valence-corrected chi connectivity index (χ4v) is 2.24. The van der Waals surface area contributed by atoms with Gasteiger partial charge in [0.15, 0.2) is 0 Å². The van der Waals surface area contributed by atoms with Crippen molar-refractivity contribution in [1.29, 1.82) is 0 Å². The summed E-state index contributed by atoms with van der Waals surface area (Å²) in [7, 11) is 0. The van der Waals surface area contributed by atoms with Crippen LogP contribution in [0.15, 0.2) is 48.5 Å². The smallest absolute Gasteiger partial charge is 1.00 e. The van der Waals surface area contributed by atoms with Crippen LogP contribution in [0.25, 0.3) is 22.8 Å². The minimum atomic E-state index is -0.216. The van der Waals surface area contributed by atoms with Crippen LogP contribution in [0.4, 0.5) is 5.69 Å². The molecule has 4 aromatic rings. The van der Waals surface area contributed by atoms with Crippen LogP contribution in [-0.4, -0.2) is 47.2 Å². The van der Waals surface area contributed by atoms with Crippen molar-refractivity contribution in [2.45, 2.75) is 0 Å². The Morgan fingerprint density at radius 2 is 1.26 bits per heavy atom. The van der Waals surface area contributed by atoms with Gasteiger partial charge in [-0.15, -0.1) is 20.4 Å². The van der Waals surface area contributed by atoms with E-state index in [0.29, 0.717) is 22.9 Å². The standard InChI is InChI=1S/C15H11N9O.2Na.2H/c25-15(11-3-1-9(2-4-11)13-17-21-22-18-13)16-12-7-5-10(6-8-12)14-19-23-24-20-14;;;;/h1-8H,(H,16,25)(H,17,18,21,22)(H,19,20,23,24);;;;/q;2*+1;2*-1. The first-order chi connectivity index (χ1) is 12.3. The van der Waals surface area contributed by atoms with E-state index in [1.54, 1.807) is 48.5 Å². The number of nitrogens with one attached hydrogen (secondary N) is 3. The van der Waals surface area contributed by atoms with Gasteiger partial charge < -0.3 is 8.17 Å². The molecule has 0 fully saturated rings. The fourth-order valence-electron chi connectivity index (χ4n) is 2.24. The van der Waals surface area contributed by atoms with E-state index in [9.17, 15) is 4.79 Å². The van der Waals surface area contributed by atoms with Crippen LogP contribution in [0.5, 0.6) is 0 Å². The minimum Gasteiger partial charge on any atom is -1.00 e. The Kier molecular flexibility index (Phi) is 7.78. The van der Waals surface area contributed by atoms with Gasteiger partial charge in [-0.05, 0) is 46.8 Å². The topological polar surface area (TPSA) is 138 Å². The number of carbonyl (C=O) groups is 1.